The van der Waals surface area contributed by atoms with Crippen LogP contribution in [0, 0.1) is 0 Å². The van der Waals surface area contributed by atoms with Crippen molar-refractivity contribution in [2.45, 2.75) is 6.42 Å². The Hall–Kier alpha value is 0.180. The van der Waals surface area contributed by atoms with Gasteiger partial charge in [0.05, 0.1) is 2.74 Å². The highest BCUT2D eigenvalue weighted by atomic mass is 79.9. The number of aryl methyl sites for hydroxylation is 1. The van der Waals surface area contributed by atoms with Crippen LogP contribution in [0.2, 0.25) is 0 Å². The normalized spacial score (nSPS) is 17.0. The molecule has 0 atom stereocenters. The van der Waals surface area contributed by atoms with E-state index in [0.29, 0.717) is 10.0 Å². The van der Waals surface area contributed by atoms with Gasteiger partial charge in [-0.05, 0) is 24.1 Å². The van der Waals surface area contributed by atoms with E-state index in [9.17, 15) is 0 Å². The second kappa shape index (κ2) is 4.14. The van der Waals surface area contributed by atoms with Gasteiger partial charge in [0.15, 0.2) is 0 Å². The van der Waals surface area contributed by atoms with E-state index in [1.165, 1.54) is 0 Å². The van der Waals surface area contributed by atoms with Crippen LogP contribution in [0.4, 0.5) is 0 Å². The first-order chi connectivity index (χ1) is 6.29. The van der Waals surface area contributed by atoms with Crippen molar-refractivity contribution < 1.29 is 5.48 Å². The van der Waals surface area contributed by atoms with Crippen LogP contribution in [0.15, 0.2) is 28.7 Å². The molecule has 54 valence electrons. The Labute approximate surface area is 83.5 Å². The van der Waals surface area contributed by atoms with Crippen molar-refractivity contribution in [2.75, 3.05) is 5.28 Å². The lowest BCUT2D eigenvalue weighted by Gasteiger charge is -1.95. The number of hydrogen-bond acceptors (Lipinski definition) is 0. The summed E-state index contributed by atoms with van der Waals surface area (Å²) >= 11 is 5.99. The lowest BCUT2D eigenvalue weighted by atomic mass is 10.2. The molecule has 0 nitrogen and oxygen atoms in total. The van der Waals surface area contributed by atoms with Gasteiger partial charge in [0.25, 0.3) is 0 Å². The third-order valence-electron chi connectivity index (χ3n) is 1.04. The van der Waals surface area contributed by atoms with Crippen molar-refractivity contribution >= 4 is 31.9 Å². The highest BCUT2D eigenvalue weighted by Gasteiger charge is 1.89. The third-order valence-corrected chi connectivity index (χ3v) is 1.78. The zero-order valence-electron chi connectivity index (χ0n) is 9.12. The van der Waals surface area contributed by atoms with Crippen LogP contribution < -0.4 is 0 Å². The van der Waals surface area contributed by atoms with E-state index in [4.69, 9.17) is 5.48 Å². The van der Waals surface area contributed by atoms with E-state index in [1.54, 1.807) is 12.1 Å². The molecule has 1 aromatic rings. The number of rotatable bonds is 2. The molecular weight excluding hydrogens is 256 g/mol. The summed E-state index contributed by atoms with van der Waals surface area (Å²) in [6, 6.07) is 3.54. The predicted molar refractivity (Wildman–Crippen MR) is 51.6 cm³/mol. The second-order valence-corrected chi connectivity index (χ2v) is 3.13. The minimum absolute atomic E-state index is 0.151. The molecule has 0 heterocycles. The molecule has 0 unspecified atom stereocenters. The first-order valence-corrected chi connectivity index (χ1v) is 4.33. The van der Waals surface area contributed by atoms with Crippen LogP contribution in [-0.4, -0.2) is 5.28 Å². The standard InChI is InChI=1S/C8H8Br2/c9-6-5-7-1-3-8(10)4-2-7/h1-4H,5-6H2/i3D,4D,6D2. The molecule has 2 heteroatoms. The van der Waals surface area contributed by atoms with Crippen molar-refractivity contribution in [3.8, 4) is 0 Å². The second-order valence-electron chi connectivity index (χ2n) is 1.78. The van der Waals surface area contributed by atoms with Crippen molar-refractivity contribution in [3.05, 3.63) is 34.3 Å². The molecule has 0 spiro atoms. The van der Waals surface area contributed by atoms with Crippen molar-refractivity contribution in [3.63, 3.8) is 0 Å². The summed E-state index contributed by atoms with van der Waals surface area (Å²) in [6.45, 7) is 0. The zero-order valence-corrected chi connectivity index (χ0v) is 8.29. The molecule has 0 aliphatic carbocycles. The summed E-state index contributed by atoms with van der Waals surface area (Å²) in [4.78, 5) is 0. The van der Waals surface area contributed by atoms with Gasteiger partial charge in [0.2, 0.25) is 0 Å². The molecule has 1 rings (SSSR count). The molecule has 0 aliphatic rings. The highest BCUT2D eigenvalue weighted by molar-refractivity contribution is 9.10. The lowest BCUT2D eigenvalue weighted by molar-refractivity contribution is 1.17. The molecule has 1 aromatic carbocycles. The summed E-state index contributed by atoms with van der Waals surface area (Å²) in [5.74, 6) is 0. The van der Waals surface area contributed by atoms with Gasteiger partial charge in [0.1, 0.15) is 0 Å². The van der Waals surface area contributed by atoms with Gasteiger partial charge < -0.3 is 0 Å². The average molecular weight is 268 g/mol. The van der Waals surface area contributed by atoms with Crippen molar-refractivity contribution in [1.29, 1.82) is 0 Å². The molecule has 0 N–H and O–H groups in total. The Morgan fingerprint density at radius 2 is 2.10 bits per heavy atom. The smallest absolute Gasteiger partial charge is 0.0635 e. The van der Waals surface area contributed by atoms with Crippen LogP contribution in [0.1, 0.15) is 11.0 Å². The van der Waals surface area contributed by atoms with Crippen molar-refractivity contribution in [2.24, 2.45) is 0 Å². The number of halogens is 2. The van der Waals surface area contributed by atoms with Gasteiger partial charge >= 0.3 is 0 Å². The molecule has 0 saturated carbocycles. The first-order valence-electron chi connectivity index (χ1n) is 4.74. The van der Waals surface area contributed by atoms with Crippen LogP contribution >= 0.6 is 31.9 Å². The van der Waals surface area contributed by atoms with E-state index in [-0.39, 0.29) is 18.5 Å². The van der Waals surface area contributed by atoms with E-state index >= 15 is 0 Å². The molecule has 10 heavy (non-hydrogen) atoms. The highest BCUT2D eigenvalue weighted by Crippen LogP contribution is 2.11. The topological polar surface area (TPSA) is 0 Å². The molecule has 0 bridgehead atoms. The van der Waals surface area contributed by atoms with E-state index in [1.807, 2.05) is 0 Å². The van der Waals surface area contributed by atoms with E-state index in [0.717, 1.165) is 0 Å². The van der Waals surface area contributed by atoms with Crippen LogP contribution in [0.25, 0.3) is 0 Å². The third kappa shape index (κ3) is 2.43. The number of benzene rings is 1. The molecular formula is C8H8Br2. The minimum Gasteiger partial charge on any atom is -0.0924 e. The number of alkyl halides is 1. The maximum Gasteiger partial charge on any atom is 0.0635 e. The maximum absolute atomic E-state index is 7.50. The molecule has 0 saturated heterocycles. The Kier molecular flexibility index (Phi) is 1.77. The number of hydrogen-bond donors (Lipinski definition) is 0. The SMILES string of the molecule is [2H]c1cc(CC([2H])([2H])Br)cc([2H])c1Br. The van der Waals surface area contributed by atoms with Gasteiger partial charge in [-0.2, -0.15) is 0 Å². The van der Waals surface area contributed by atoms with Crippen LogP contribution in [0.3, 0.4) is 0 Å². The molecule has 0 aliphatic heterocycles. The van der Waals surface area contributed by atoms with Gasteiger partial charge in [-0.25, -0.2) is 0 Å². The summed E-state index contributed by atoms with van der Waals surface area (Å²) in [5, 5.41) is -1.49. The van der Waals surface area contributed by atoms with Gasteiger partial charge in [0, 0.05) is 12.5 Å². The van der Waals surface area contributed by atoms with Crippen LogP contribution in [-0.2, 0) is 6.42 Å². The fourth-order valence-electron chi connectivity index (χ4n) is 0.575. The van der Waals surface area contributed by atoms with Crippen molar-refractivity contribution in [1.82, 2.24) is 0 Å². The van der Waals surface area contributed by atoms with Gasteiger partial charge in [-0.3, -0.25) is 0 Å². The summed E-state index contributed by atoms with van der Waals surface area (Å²) in [6.07, 6.45) is 0.151. The largest absolute Gasteiger partial charge is 0.0924 e. The lowest BCUT2D eigenvalue weighted by Crippen LogP contribution is -1.83. The predicted octanol–water partition coefficient (Wildman–Crippen LogP) is 3.39. The van der Waals surface area contributed by atoms with Gasteiger partial charge in [-0.15, -0.1) is 0 Å². The van der Waals surface area contributed by atoms with E-state index in [2.05, 4.69) is 31.9 Å². The summed E-state index contributed by atoms with van der Waals surface area (Å²) in [5.41, 5.74) is 0.644. The zero-order chi connectivity index (χ0) is 10.9. The molecule has 0 aromatic heterocycles. The van der Waals surface area contributed by atoms with Gasteiger partial charge in [-0.1, -0.05) is 44.0 Å². The monoisotopic (exact) mass is 266 g/mol. The summed E-state index contributed by atoms with van der Waals surface area (Å²) < 4.78 is 30.1. The van der Waals surface area contributed by atoms with E-state index < -0.39 is 5.28 Å². The fraction of sp³-hybridized carbons (Fsp3) is 0.250. The maximum atomic E-state index is 7.50. The first kappa shape index (κ1) is 4.27. The molecule has 0 fully saturated rings. The minimum atomic E-state index is -1.49. The fourth-order valence-corrected chi connectivity index (χ4v) is 1.13. The molecule has 0 amide bonds. The molecule has 0 radical (unpaired) electrons. The van der Waals surface area contributed by atoms with Crippen LogP contribution in [0.5, 0.6) is 0 Å². The quantitative estimate of drug-likeness (QED) is 0.721. The Morgan fingerprint density at radius 1 is 1.50 bits per heavy atom. The Bertz CT molecular complexity index is 323. The Balaban J connectivity index is 3.02. The summed E-state index contributed by atoms with van der Waals surface area (Å²) in [7, 11) is 0. The Morgan fingerprint density at radius 3 is 2.60 bits per heavy atom. The average Bonchev–Trinajstić information content (AvgIpc) is 1.96.